The Balaban J connectivity index is 2.65. The summed E-state index contributed by atoms with van der Waals surface area (Å²) in [6.07, 6.45) is -0.900. The number of aliphatic hydroxyl groups excluding tert-OH is 1. The predicted molar refractivity (Wildman–Crippen MR) is 57.2 cm³/mol. The van der Waals surface area contributed by atoms with Crippen molar-refractivity contribution >= 4 is 5.78 Å². The summed E-state index contributed by atoms with van der Waals surface area (Å²) in [5.74, 6) is -1.09. The highest BCUT2D eigenvalue weighted by molar-refractivity contribution is 6.05. The van der Waals surface area contributed by atoms with E-state index in [4.69, 9.17) is 0 Å². The lowest BCUT2D eigenvalue weighted by Gasteiger charge is -2.38. The van der Waals surface area contributed by atoms with Crippen molar-refractivity contribution in [2.75, 3.05) is 0 Å². The fourth-order valence-electron chi connectivity index (χ4n) is 2.05. The van der Waals surface area contributed by atoms with Gasteiger partial charge >= 0.3 is 0 Å². The number of phenols is 1. The van der Waals surface area contributed by atoms with Gasteiger partial charge in [-0.15, -0.1) is 0 Å². The molecule has 16 heavy (non-hydrogen) atoms. The van der Waals surface area contributed by atoms with Crippen LogP contribution in [0.15, 0.2) is 18.2 Å². The zero-order chi connectivity index (χ0) is 12.1. The third kappa shape index (κ3) is 1.34. The fourth-order valence-corrected chi connectivity index (χ4v) is 2.05. The summed E-state index contributed by atoms with van der Waals surface area (Å²) in [6, 6.07) is 4.21. The van der Waals surface area contributed by atoms with Gasteiger partial charge in [-0.05, 0) is 24.6 Å². The van der Waals surface area contributed by atoms with E-state index >= 15 is 0 Å². The topological polar surface area (TPSA) is 77.8 Å². The highest BCUT2D eigenvalue weighted by Crippen LogP contribution is 2.40. The van der Waals surface area contributed by atoms with Gasteiger partial charge in [0.05, 0.1) is 6.10 Å². The van der Waals surface area contributed by atoms with E-state index in [1.807, 2.05) is 0 Å². The number of rotatable bonds is 0. The lowest BCUT2D eigenvalue weighted by atomic mass is 9.71. The van der Waals surface area contributed by atoms with Gasteiger partial charge in [-0.2, -0.15) is 0 Å². The van der Waals surface area contributed by atoms with Crippen LogP contribution in [0.5, 0.6) is 5.75 Å². The van der Waals surface area contributed by atoms with Gasteiger partial charge in [-0.3, -0.25) is 4.79 Å². The molecule has 0 bridgehead atoms. The molecule has 0 unspecified atom stereocenters. The molecule has 4 heteroatoms. The molecule has 0 heterocycles. The molecule has 0 saturated carbocycles. The third-order valence-electron chi connectivity index (χ3n) is 3.42. The number of ketones is 1. The Morgan fingerprint density at radius 1 is 1.38 bits per heavy atom. The summed E-state index contributed by atoms with van der Waals surface area (Å²) >= 11 is 0. The van der Waals surface area contributed by atoms with Crippen molar-refractivity contribution in [2.24, 2.45) is 5.92 Å². The van der Waals surface area contributed by atoms with Crippen molar-refractivity contribution in [1.82, 2.24) is 0 Å². The molecule has 2 rings (SSSR count). The van der Waals surface area contributed by atoms with Crippen LogP contribution in [0.1, 0.15) is 35.9 Å². The van der Waals surface area contributed by atoms with Gasteiger partial charge in [-0.25, -0.2) is 0 Å². The lowest BCUT2D eigenvalue weighted by Crippen LogP contribution is -2.48. The van der Waals surface area contributed by atoms with E-state index in [2.05, 4.69) is 0 Å². The van der Waals surface area contributed by atoms with Gasteiger partial charge in [0.15, 0.2) is 5.78 Å². The molecular formula is C12H14O4. The summed E-state index contributed by atoms with van der Waals surface area (Å²) < 4.78 is 0. The van der Waals surface area contributed by atoms with E-state index in [0.717, 1.165) is 0 Å². The average Bonchev–Trinajstić information content (AvgIpc) is 2.24. The van der Waals surface area contributed by atoms with Crippen LogP contribution < -0.4 is 0 Å². The van der Waals surface area contributed by atoms with Crippen LogP contribution in [0.25, 0.3) is 0 Å². The Morgan fingerprint density at radius 2 is 2.00 bits per heavy atom. The molecule has 0 amide bonds. The molecule has 3 atom stereocenters. The molecule has 1 aromatic carbocycles. The molecule has 0 radical (unpaired) electrons. The van der Waals surface area contributed by atoms with Gasteiger partial charge < -0.3 is 15.3 Å². The van der Waals surface area contributed by atoms with E-state index in [1.54, 1.807) is 6.92 Å². The molecular weight excluding hydrogens is 208 g/mol. The molecule has 3 N–H and O–H groups in total. The van der Waals surface area contributed by atoms with Crippen molar-refractivity contribution in [2.45, 2.75) is 25.6 Å². The summed E-state index contributed by atoms with van der Waals surface area (Å²) in [4.78, 5) is 12.0. The second-order valence-electron chi connectivity index (χ2n) is 4.48. The van der Waals surface area contributed by atoms with Gasteiger partial charge in [0.1, 0.15) is 11.4 Å². The third-order valence-corrected chi connectivity index (χ3v) is 3.42. The van der Waals surface area contributed by atoms with Gasteiger partial charge in [-0.1, -0.05) is 13.0 Å². The number of phenolic OH excluding ortho intramolecular Hbond substituents is 1. The first kappa shape index (κ1) is 11.1. The number of aliphatic hydroxyl groups is 2. The van der Waals surface area contributed by atoms with Crippen LogP contribution in [-0.2, 0) is 0 Å². The van der Waals surface area contributed by atoms with Crippen LogP contribution in [0.4, 0.5) is 0 Å². The Labute approximate surface area is 93.2 Å². The minimum Gasteiger partial charge on any atom is -0.508 e. The van der Waals surface area contributed by atoms with E-state index in [1.165, 1.54) is 25.1 Å². The monoisotopic (exact) mass is 222 g/mol. The molecule has 1 aliphatic rings. The summed E-state index contributed by atoms with van der Waals surface area (Å²) in [7, 11) is 0. The number of carbonyl (C=O) groups excluding carboxylic acids is 1. The Hall–Kier alpha value is -1.39. The van der Waals surface area contributed by atoms with Crippen LogP contribution in [0, 0.1) is 5.92 Å². The minimum atomic E-state index is -1.60. The smallest absolute Gasteiger partial charge is 0.194 e. The van der Waals surface area contributed by atoms with Gasteiger partial charge in [0, 0.05) is 11.5 Å². The van der Waals surface area contributed by atoms with Crippen molar-refractivity contribution in [3.05, 3.63) is 29.3 Å². The largest absolute Gasteiger partial charge is 0.508 e. The second kappa shape index (κ2) is 3.30. The molecule has 86 valence electrons. The number of fused-ring (bicyclic) bond motifs is 1. The van der Waals surface area contributed by atoms with Gasteiger partial charge in [0.2, 0.25) is 0 Å². The zero-order valence-corrected chi connectivity index (χ0v) is 9.14. The maximum atomic E-state index is 12.0. The summed E-state index contributed by atoms with van der Waals surface area (Å²) in [6.45, 7) is 3.01. The van der Waals surface area contributed by atoms with Crippen LogP contribution in [-0.4, -0.2) is 26.7 Å². The minimum absolute atomic E-state index is 0.0512. The number of benzene rings is 1. The fraction of sp³-hybridized carbons (Fsp3) is 0.417. The number of aromatic hydroxyl groups is 1. The molecule has 4 nitrogen and oxygen atoms in total. The summed E-state index contributed by atoms with van der Waals surface area (Å²) in [5, 5.41) is 29.3. The first-order chi connectivity index (χ1) is 7.35. The van der Waals surface area contributed by atoms with Crippen LogP contribution >= 0.6 is 0 Å². The van der Waals surface area contributed by atoms with Crippen molar-refractivity contribution in [3.8, 4) is 5.75 Å². The van der Waals surface area contributed by atoms with E-state index in [9.17, 15) is 20.1 Å². The molecule has 1 aromatic rings. The quantitative estimate of drug-likeness (QED) is 0.612. The number of Topliss-reactive ketones (excluding diaryl/α,β-unsaturated/α-hetero) is 1. The lowest BCUT2D eigenvalue weighted by molar-refractivity contribution is -0.0403. The normalized spacial score (nSPS) is 33.6. The first-order valence-electron chi connectivity index (χ1n) is 5.14. The maximum absolute atomic E-state index is 12.0. The molecule has 0 spiro atoms. The maximum Gasteiger partial charge on any atom is 0.194 e. The Bertz CT molecular complexity index is 450. The standard InChI is InChI=1S/C12H14O4/c1-6-10(14)8-4-3-7(13)5-9(8)11(15)12(6,2)16/h3-6,10,13-14,16H,1-2H3/t6-,10+,12+/m0/s1. The average molecular weight is 222 g/mol. The number of hydrogen-bond acceptors (Lipinski definition) is 4. The summed E-state index contributed by atoms with van der Waals surface area (Å²) in [5.41, 5.74) is -0.947. The van der Waals surface area contributed by atoms with Crippen molar-refractivity contribution in [3.63, 3.8) is 0 Å². The zero-order valence-electron chi connectivity index (χ0n) is 9.14. The SMILES string of the molecule is C[C@H]1[C@@H](O)c2ccc(O)cc2C(=O)[C@]1(C)O. The predicted octanol–water partition coefficient (Wildman–Crippen LogP) is 1.01. The molecule has 0 aliphatic heterocycles. The molecule has 1 aliphatic carbocycles. The second-order valence-corrected chi connectivity index (χ2v) is 4.48. The van der Waals surface area contributed by atoms with E-state index in [0.29, 0.717) is 5.56 Å². The highest BCUT2D eigenvalue weighted by atomic mass is 16.3. The van der Waals surface area contributed by atoms with Crippen LogP contribution in [0.2, 0.25) is 0 Å². The van der Waals surface area contributed by atoms with Crippen LogP contribution in [0.3, 0.4) is 0 Å². The first-order valence-corrected chi connectivity index (χ1v) is 5.14. The van der Waals surface area contributed by atoms with E-state index in [-0.39, 0.29) is 11.3 Å². The molecule has 0 aromatic heterocycles. The van der Waals surface area contributed by atoms with Crippen molar-refractivity contribution < 1.29 is 20.1 Å². The highest BCUT2D eigenvalue weighted by Gasteiger charge is 2.46. The molecule has 0 saturated heterocycles. The van der Waals surface area contributed by atoms with Crippen molar-refractivity contribution in [1.29, 1.82) is 0 Å². The van der Waals surface area contributed by atoms with E-state index < -0.39 is 23.4 Å². The Kier molecular flexibility index (Phi) is 2.29. The Morgan fingerprint density at radius 3 is 2.62 bits per heavy atom. The molecule has 0 fully saturated rings. The number of carbonyl (C=O) groups is 1. The number of hydrogen-bond donors (Lipinski definition) is 3. The van der Waals surface area contributed by atoms with Gasteiger partial charge in [0.25, 0.3) is 0 Å².